The minimum atomic E-state index is -0.419. The van der Waals surface area contributed by atoms with Crippen LogP contribution < -0.4 is 9.42 Å². The van der Waals surface area contributed by atoms with Crippen molar-refractivity contribution in [1.82, 2.24) is 20.3 Å². The van der Waals surface area contributed by atoms with Gasteiger partial charge in [0.05, 0.1) is 6.20 Å². The van der Waals surface area contributed by atoms with Crippen molar-refractivity contribution in [3.8, 4) is 28.6 Å². The predicted molar refractivity (Wildman–Crippen MR) is 87.6 cm³/mol. The van der Waals surface area contributed by atoms with Crippen molar-refractivity contribution >= 4 is 0 Å². The molecule has 4 rings (SSSR count). The first-order valence-electron chi connectivity index (χ1n) is 7.55. The van der Waals surface area contributed by atoms with Gasteiger partial charge in [0.1, 0.15) is 23.0 Å². The number of hydrogen-bond donors (Lipinski definition) is 1. The third kappa shape index (κ3) is 3.35. The van der Waals surface area contributed by atoms with Crippen molar-refractivity contribution in [3.05, 3.63) is 79.1 Å². The van der Waals surface area contributed by atoms with Gasteiger partial charge in [-0.2, -0.15) is 0 Å². The van der Waals surface area contributed by atoms with E-state index < -0.39 is 5.82 Å². The quantitative estimate of drug-likeness (QED) is 0.583. The molecule has 0 bridgehead atoms. The number of aromatic nitrogens is 5. The lowest BCUT2D eigenvalue weighted by Gasteiger charge is -2.05. The summed E-state index contributed by atoms with van der Waals surface area (Å²) in [5.41, 5.74) is 1.92. The minimum absolute atomic E-state index is 0.365. The monoisotopic (exact) mass is 334 g/mol. The van der Waals surface area contributed by atoms with Crippen molar-refractivity contribution in [2.75, 3.05) is 0 Å². The fourth-order valence-corrected chi connectivity index (χ4v) is 2.35. The standard InChI is InChI=1S/C18H12FN5O/c19-13-8-14(10-16(9-13)25-15-4-3-6-20-11-15)24-12-18(22-23-24)17-5-1-2-7-21-17/h1-12H/p+1. The summed E-state index contributed by atoms with van der Waals surface area (Å²) in [6, 6.07) is 13.5. The van der Waals surface area contributed by atoms with Gasteiger partial charge in [-0.3, -0.25) is 9.97 Å². The van der Waals surface area contributed by atoms with E-state index in [-0.39, 0.29) is 0 Å². The summed E-state index contributed by atoms with van der Waals surface area (Å²) >= 11 is 0. The molecule has 0 aliphatic carbocycles. The van der Waals surface area contributed by atoms with Crippen molar-refractivity contribution in [3.63, 3.8) is 0 Å². The normalized spacial score (nSPS) is 10.6. The Hall–Kier alpha value is -3.61. The molecule has 3 aromatic heterocycles. The second kappa shape index (κ2) is 6.48. The molecule has 0 spiro atoms. The lowest BCUT2D eigenvalue weighted by molar-refractivity contribution is -0.659. The highest BCUT2D eigenvalue weighted by molar-refractivity contribution is 5.50. The van der Waals surface area contributed by atoms with Gasteiger partial charge in [0.25, 0.3) is 5.69 Å². The summed E-state index contributed by atoms with van der Waals surface area (Å²) in [6.45, 7) is 0. The smallest absolute Gasteiger partial charge is 0.267 e. The van der Waals surface area contributed by atoms with Crippen molar-refractivity contribution in [1.29, 1.82) is 0 Å². The second-order valence-corrected chi connectivity index (χ2v) is 5.25. The van der Waals surface area contributed by atoms with Gasteiger partial charge < -0.3 is 4.74 Å². The van der Waals surface area contributed by atoms with E-state index in [1.54, 1.807) is 47.7 Å². The van der Waals surface area contributed by atoms with Crippen LogP contribution in [0.5, 0.6) is 11.5 Å². The second-order valence-electron chi connectivity index (χ2n) is 5.25. The third-order valence-electron chi connectivity index (χ3n) is 3.46. The first-order chi connectivity index (χ1) is 12.3. The van der Waals surface area contributed by atoms with E-state index in [1.165, 1.54) is 12.1 Å². The number of aromatic amines is 1. The predicted octanol–water partition coefficient (Wildman–Crippen LogP) is 3.07. The fourth-order valence-electron chi connectivity index (χ4n) is 2.35. The van der Waals surface area contributed by atoms with Gasteiger partial charge in [0.2, 0.25) is 0 Å². The molecule has 0 aliphatic rings. The Bertz CT molecular complexity index is 989. The van der Waals surface area contributed by atoms with Crippen LogP contribution in [0, 0.1) is 5.82 Å². The van der Waals surface area contributed by atoms with Crippen LogP contribution in [-0.4, -0.2) is 20.3 Å². The number of nitrogens with zero attached hydrogens (tertiary/aromatic N) is 4. The zero-order chi connectivity index (χ0) is 17.1. The number of rotatable bonds is 4. The summed E-state index contributed by atoms with van der Waals surface area (Å²) in [7, 11) is 0. The molecule has 4 aromatic rings. The van der Waals surface area contributed by atoms with E-state index in [1.807, 2.05) is 18.2 Å². The van der Waals surface area contributed by atoms with E-state index in [2.05, 4.69) is 20.3 Å². The summed E-state index contributed by atoms with van der Waals surface area (Å²) in [5, 5.41) is 7.04. The van der Waals surface area contributed by atoms with Crippen LogP contribution in [0.1, 0.15) is 0 Å². The zero-order valence-electron chi connectivity index (χ0n) is 13.0. The molecule has 0 aliphatic heterocycles. The molecular formula is C18H13FN5O+. The molecule has 0 atom stereocenters. The fraction of sp³-hybridized carbons (Fsp3) is 0. The molecule has 25 heavy (non-hydrogen) atoms. The first kappa shape index (κ1) is 14.9. The van der Waals surface area contributed by atoms with Crippen LogP contribution in [0.15, 0.2) is 73.3 Å². The SMILES string of the molecule is Fc1cc(Oc2cccnc2)cc(-[n+]2cc(-c3ccccn3)n[nH]2)c1. The average Bonchev–Trinajstić information content (AvgIpc) is 3.13. The third-order valence-corrected chi connectivity index (χ3v) is 3.46. The molecule has 0 saturated heterocycles. The van der Waals surface area contributed by atoms with Crippen molar-refractivity contribution in [2.24, 2.45) is 0 Å². The van der Waals surface area contributed by atoms with E-state index in [0.717, 1.165) is 5.69 Å². The molecule has 0 unspecified atom stereocenters. The number of benzene rings is 1. The zero-order valence-corrected chi connectivity index (χ0v) is 13.0. The summed E-state index contributed by atoms with van der Waals surface area (Å²) < 4.78 is 21.2. The molecule has 6 nitrogen and oxygen atoms in total. The molecule has 0 fully saturated rings. The maximum absolute atomic E-state index is 14.0. The van der Waals surface area contributed by atoms with Gasteiger partial charge in [-0.25, -0.2) is 4.39 Å². The summed E-state index contributed by atoms with van der Waals surface area (Å²) in [6.07, 6.45) is 6.64. The van der Waals surface area contributed by atoms with Crippen molar-refractivity contribution < 1.29 is 13.8 Å². The largest absolute Gasteiger partial charge is 0.455 e. The van der Waals surface area contributed by atoms with Crippen LogP contribution in [0.25, 0.3) is 17.1 Å². The van der Waals surface area contributed by atoms with Gasteiger partial charge in [0, 0.05) is 35.7 Å². The van der Waals surface area contributed by atoms with Crippen molar-refractivity contribution in [2.45, 2.75) is 0 Å². The number of hydrogen-bond acceptors (Lipinski definition) is 4. The molecular weight excluding hydrogens is 321 g/mol. The molecule has 3 heterocycles. The maximum atomic E-state index is 14.0. The van der Waals surface area contributed by atoms with Crippen LogP contribution in [0.3, 0.4) is 0 Å². The van der Waals surface area contributed by atoms with Crippen LogP contribution in [0.4, 0.5) is 4.39 Å². The number of ether oxygens (including phenoxy) is 1. The first-order valence-corrected chi connectivity index (χ1v) is 7.55. The maximum Gasteiger partial charge on any atom is 0.267 e. The number of pyridine rings is 2. The van der Waals surface area contributed by atoms with Gasteiger partial charge in [-0.15, -0.1) is 4.68 Å². The van der Waals surface area contributed by atoms with Gasteiger partial charge in [-0.05, 0) is 24.3 Å². The Kier molecular flexibility index (Phi) is 3.88. The average molecular weight is 334 g/mol. The molecule has 1 N–H and O–H groups in total. The lowest BCUT2D eigenvalue weighted by atomic mass is 10.2. The highest BCUT2D eigenvalue weighted by Gasteiger charge is 2.16. The number of nitrogens with one attached hydrogen (secondary N) is 1. The summed E-state index contributed by atoms with van der Waals surface area (Å²) in [4.78, 5) is 8.22. The molecule has 1 aromatic carbocycles. The minimum Gasteiger partial charge on any atom is -0.455 e. The highest BCUT2D eigenvalue weighted by Crippen LogP contribution is 2.23. The van der Waals surface area contributed by atoms with Crippen LogP contribution in [-0.2, 0) is 0 Å². The van der Waals surface area contributed by atoms with E-state index in [9.17, 15) is 4.39 Å². The van der Waals surface area contributed by atoms with E-state index >= 15 is 0 Å². The Morgan fingerprint density at radius 2 is 1.92 bits per heavy atom. The molecule has 7 heteroatoms. The Labute approximate surface area is 142 Å². The molecule has 0 radical (unpaired) electrons. The van der Waals surface area contributed by atoms with Gasteiger partial charge in [-0.1, -0.05) is 11.3 Å². The summed E-state index contributed by atoms with van der Waals surface area (Å²) in [5.74, 6) is 0.477. The van der Waals surface area contributed by atoms with Gasteiger partial charge in [0.15, 0.2) is 11.9 Å². The Morgan fingerprint density at radius 1 is 0.960 bits per heavy atom. The highest BCUT2D eigenvalue weighted by atomic mass is 19.1. The van der Waals surface area contributed by atoms with Gasteiger partial charge >= 0.3 is 0 Å². The molecule has 0 amide bonds. The number of halogens is 1. The van der Waals surface area contributed by atoms with Crippen LogP contribution >= 0.6 is 0 Å². The molecule has 0 saturated carbocycles. The number of H-pyrrole nitrogens is 1. The lowest BCUT2D eigenvalue weighted by Crippen LogP contribution is -2.32. The van der Waals surface area contributed by atoms with E-state index in [0.29, 0.717) is 22.9 Å². The Morgan fingerprint density at radius 3 is 2.72 bits per heavy atom. The Balaban J connectivity index is 1.66. The molecule has 122 valence electrons. The topological polar surface area (TPSA) is 67.6 Å². The van der Waals surface area contributed by atoms with E-state index in [4.69, 9.17) is 4.74 Å². The van der Waals surface area contributed by atoms with Crippen LogP contribution in [0.2, 0.25) is 0 Å².